The maximum Gasteiger partial charge on any atom is 0.138 e. The maximum atomic E-state index is 12.4. The first-order valence-corrected chi connectivity index (χ1v) is 7.48. The van der Waals surface area contributed by atoms with E-state index in [1.807, 2.05) is 0 Å². The Balaban J connectivity index is 1.38. The van der Waals surface area contributed by atoms with E-state index in [9.17, 15) is 4.79 Å². The minimum Gasteiger partial charge on any atom is -0.374 e. The lowest BCUT2D eigenvalue weighted by Crippen LogP contribution is -2.28. The summed E-state index contributed by atoms with van der Waals surface area (Å²) in [5.41, 5.74) is 0. The van der Waals surface area contributed by atoms with Gasteiger partial charge in [-0.05, 0) is 56.3 Å². The molecule has 2 heterocycles. The van der Waals surface area contributed by atoms with Gasteiger partial charge in [0.2, 0.25) is 0 Å². The second-order valence-electron chi connectivity index (χ2n) is 6.82. The molecule has 0 aromatic heterocycles. The van der Waals surface area contributed by atoms with Gasteiger partial charge in [-0.1, -0.05) is 6.42 Å². The minimum atomic E-state index is 0.271. The smallest absolute Gasteiger partial charge is 0.138 e. The molecule has 4 rings (SSSR count). The van der Waals surface area contributed by atoms with Gasteiger partial charge in [-0.25, -0.2) is 0 Å². The van der Waals surface area contributed by atoms with Crippen LogP contribution in [0.1, 0.15) is 51.4 Å². The number of carbonyl (C=O) groups is 1. The lowest BCUT2D eigenvalue weighted by Gasteiger charge is -2.24. The number of fused-ring (bicyclic) bond motifs is 4. The van der Waals surface area contributed by atoms with E-state index in [-0.39, 0.29) is 5.92 Å². The topological polar surface area (TPSA) is 26.3 Å². The first-order valence-electron chi connectivity index (χ1n) is 7.48. The predicted octanol–water partition coefficient (Wildman–Crippen LogP) is 2.95. The van der Waals surface area contributed by atoms with E-state index in [0.29, 0.717) is 18.0 Å². The van der Waals surface area contributed by atoms with Crippen molar-refractivity contribution in [2.75, 3.05) is 0 Å². The summed E-state index contributed by atoms with van der Waals surface area (Å²) < 4.78 is 5.81. The molecule has 0 amide bonds. The van der Waals surface area contributed by atoms with Crippen LogP contribution >= 0.6 is 0 Å². The number of ether oxygens (including phenoxy) is 1. The van der Waals surface area contributed by atoms with Crippen LogP contribution in [0.15, 0.2) is 0 Å². The van der Waals surface area contributed by atoms with Crippen molar-refractivity contribution in [1.82, 2.24) is 0 Å². The van der Waals surface area contributed by atoms with Gasteiger partial charge in [-0.15, -0.1) is 0 Å². The van der Waals surface area contributed by atoms with Crippen molar-refractivity contribution in [2.24, 2.45) is 23.7 Å². The van der Waals surface area contributed by atoms with Gasteiger partial charge in [-0.3, -0.25) is 4.79 Å². The number of hydrogen-bond donors (Lipinski definition) is 0. The van der Waals surface area contributed by atoms with E-state index in [2.05, 4.69) is 0 Å². The van der Waals surface area contributed by atoms with Gasteiger partial charge >= 0.3 is 0 Å². The Bertz CT molecular complexity index is 338. The highest BCUT2D eigenvalue weighted by atomic mass is 16.5. The molecular formula is C15H22O2. The van der Waals surface area contributed by atoms with E-state index >= 15 is 0 Å². The Kier molecular flexibility index (Phi) is 2.36. The van der Waals surface area contributed by atoms with E-state index in [1.54, 1.807) is 0 Å². The van der Waals surface area contributed by atoms with Crippen LogP contribution in [0.5, 0.6) is 0 Å². The van der Waals surface area contributed by atoms with Crippen LogP contribution in [0.25, 0.3) is 0 Å². The van der Waals surface area contributed by atoms with Crippen LogP contribution in [0.2, 0.25) is 0 Å². The summed E-state index contributed by atoms with van der Waals surface area (Å²) in [6.07, 6.45) is 10.6. The predicted molar refractivity (Wildman–Crippen MR) is 64.6 cm³/mol. The molecular weight excluding hydrogens is 212 g/mol. The first-order chi connectivity index (χ1) is 8.29. The molecule has 94 valence electrons. The number of hydrogen-bond acceptors (Lipinski definition) is 2. The molecule has 0 aromatic rings. The fourth-order valence-electron chi connectivity index (χ4n) is 5.01. The quantitative estimate of drug-likeness (QED) is 0.750. The molecule has 2 heteroatoms. The Morgan fingerprint density at radius 1 is 1.06 bits per heavy atom. The average Bonchev–Trinajstić information content (AvgIpc) is 3.08. The van der Waals surface area contributed by atoms with E-state index < -0.39 is 0 Å². The monoisotopic (exact) mass is 234 g/mol. The molecule has 2 saturated carbocycles. The second-order valence-corrected chi connectivity index (χ2v) is 6.82. The summed E-state index contributed by atoms with van der Waals surface area (Å²) in [6.45, 7) is 0. The van der Waals surface area contributed by atoms with Crippen molar-refractivity contribution >= 4 is 5.78 Å². The Morgan fingerprint density at radius 3 is 2.59 bits per heavy atom. The third kappa shape index (κ3) is 1.68. The Labute approximate surface area is 103 Å². The number of Topliss-reactive ketones (excluding diaryl/α,β-unsaturated/α-hetero) is 1. The van der Waals surface area contributed by atoms with Crippen LogP contribution in [0.4, 0.5) is 0 Å². The average molecular weight is 234 g/mol. The molecule has 4 bridgehead atoms. The summed E-state index contributed by atoms with van der Waals surface area (Å²) in [6, 6.07) is 0. The van der Waals surface area contributed by atoms with Gasteiger partial charge in [0.1, 0.15) is 5.78 Å². The van der Waals surface area contributed by atoms with E-state index in [0.717, 1.165) is 37.0 Å². The summed E-state index contributed by atoms with van der Waals surface area (Å²) in [5.74, 6) is 3.40. The molecule has 17 heavy (non-hydrogen) atoms. The standard InChI is InChI=1S/C15H22O2/c16-14(13-8-12-3-4-15(13)17-12)7-11-6-9-1-2-10(11)5-9/h9-13,15H,1-8H2. The van der Waals surface area contributed by atoms with Crippen molar-refractivity contribution in [3.05, 3.63) is 0 Å². The van der Waals surface area contributed by atoms with Gasteiger partial charge in [0, 0.05) is 12.3 Å². The number of ketones is 1. The fourth-order valence-corrected chi connectivity index (χ4v) is 5.01. The van der Waals surface area contributed by atoms with Crippen LogP contribution < -0.4 is 0 Å². The second kappa shape index (κ2) is 3.81. The number of rotatable bonds is 3. The molecule has 4 aliphatic rings. The molecule has 2 aliphatic heterocycles. The minimum absolute atomic E-state index is 0.271. The molecule has 4 fully saturated rings. The third-order valence-electron chi connectivity index (χ3n) is 5.87. The van der Waals surface area contributed by atoms with Gasteiger partial charge in [0.05, 0.1) is 12.2 Å². The zero-order chi connectivity index (χ0) is 11.4. The largest absolute Gasteiger partial charge is 0.374 e. The summed E-state index contributed by atoms with van der Waals surface area (Å²) >= 11 is 0. The SMILES string of the molecule is O=C(CC1CC2CCC1C2)C1CC2CCC1O2. The van der Waals surface area contributed by atoms with Gasteiger partial charge in [-0.2, -0.15) is 0 Å². The highest BCUT2D eigenvalue weighted by Crippen LogP contribution is 2.50. The lowest BCUT2D eigenvalue weighted by atomic mass is 9.79. The highest BCUT2D eigenvalue weighted by Gasteiger charge is 2.46. The molecule has 2 saturated heterocycles. The third-order valence-corrected chi connectivity index (χ3v) is 5.87. The number of carbonyl (C=O) groups excluding carboxylic acids is 1. The van der Waals surface area contributed by atoms with E-state index in [4.69, 9.17) is 4.74 Å². The lowest BCUT2D eigenvalue weighted by molar-refractivity contribution is -0.125. The molecule has 2 aliphatic carbocycles. The van der Waals surface area contributed by atoms with Crippen molar-refractivity contribution < 1.29 is 9.53 Å². The molecule has 0 N–H and O–H groups in total. The fraction of sp³-hybridized carbons (Fsp3) is 0.933. The first kappa shape index (κ1) is 10.5. The van der Waals surface area contributed by atoms with Crippen LogP contribution in [-0.4, -0.2) is 18.0 Å². The highest BCUT2D eigenvalue weighted by molar-refractivity contribution is 5.82. The molecule has 6 unspecified atom stereocenters. The molecule has 2 nitrogen and oxygen atoms in total. The van der Waals surface area contributed by atoms with Gasteiger partial charge < -0.3 is 4.74 Å². The summed E-state index contributed by atoms with van der Waals surface area (Å²) in [7, 11) is 0. The molecule has 0 spiro atoms. The Hall–Kier alpha value is -0.370. The maximum absolute atomic E-state index is 12.4. The van der Waals surface area contributed by atoms with Crippen molar-refractivity contribution in [3.63, 3.8) is 0 Å². The van der Waals surface area contributed by atoms with Crippen LogP contribution in [-0.2, 0) is 9.53 Å². The van der Waals surface area contributed by atoms with Crippen molar-refractivity contribution in [2.45, 2.75) is 63.6 Å². The Morgan fingerprint density at radius 2 is 2.00 bits per heavy atom. The van der Waals surface area contributed by atoms with Gasteiger partial charge in [0.25, 0.3) is 0 Å². The summed E-state index contributed by atoms with van der Waals surface area (Å²) in [5, 5.41) is 0. The van der Waals surface area contributed by atoms with E-state index in [1.165, 1.54) is 32.1 Å². The molecule has 6 atom stereocenters. The van der Waals surface area contributed by atoms with Crippen LogP contribution in [0, 0.1) is 23.7 Å². The van der Waals surface area contributed by atoms with Crippen molar-refractivity contribution in [3.8, 4) is 0 Å². The molecule has 0 aromatic carbocycles. The zero-order valence-corrected chi connectivity index (χ0v) is 10.4. The van der Waals surface area contributed by atoms with Crippen molar-refractivity contribution in [1.29, 1.82) is 0 Å². The molecule has 0 radical (unpaired) electrons. The summed E-state index contributed by atoms with van der Waals surface area (Å²) in [4.78, 5) is 12.4. The normalized spacial score (nSPS) is 51.3. The van der Waals surface area contributed by atoms with Crippen LogP contribution in [0.3, 0.4) is 0 Å². The zero-order valence-electron chi connectivity index (χ0n) is 10.4. The van der Waals surface area contributed by atoms with Gasteiger partial charge in [0.15, 0.2) is 0 Å².